The molecule has 0 spiro atoms. The zero-order valence-electron chi connectivity index (χ0n) is 7.89. The fourth-order valence-electron chi connectivity index (χ4n) is 0.966. The molecular weight excluding hydrogens is 368 g/mol. The molecule has 9 heteroatoms. The van der Waals surface area contributed by atoms with Crippen LogP contribution in [0.3, 0.4) is 0 Å². The van der Waals surface area contributed by atoms with Crippen LogP contribution in [0.4, 0.5) is 5.69 Å². The Morgan fingerprint density at radius 3 is 2.44 bits per heavy atom. The number of nitrogens with zero attached hydrogens (tertiary/aromatic N) is 2. The van der Waals surface area contributed by atoms with Gasteiger partial charge in [-0.05, 0) is 22.0 Å². The second-order valence-corrected chi connectivity index (χ2v) is 4.77. The van der Waals surface area contributed by atoms with Crippen LogP contribution in [0.1, 0.15) is 0 Å². The van der Waals surface area contributed by atoms with E-state index < -0.39 is 15.0 Å². The normalized spacial score (nSPS) is 10.1. The molecule has 0 aliphatic carbocycles. The van der Waals surface area contributed by atoms with E-state index in [1.807, 2.05) is 0 Å². The van der Waals surface area contributed by atoms with E-state index in [9.17, 15) is 8.42 Å². The predicted octanol–water partition coefficient (Wildman–Crippen LogP) is -0.807. The minimum atomic E-state index is -4.43. The number of ether oxygens (including phenoxy) is 1. The van der Waals surface area contributed by atoms with Gasteiger partial charge in [0.05, 0.1) is 17.6 Å². The molecule has 0 bridgehead atoms. The average Bonchev–Trinajstić information content (AvgIpc) is 2.16. The molecule has 0 saturated carbocycles. The van der Waals surface area contributed by atoms with Crippen molar-refractivity contribution in [1.29, 1.82) is 5.39 Å². The minimum absolute atomic E-state index is 0. The number of benzene rings is 1. The van der Waals surface area contributed by atoms with Gasteiger partial charge in [-0.15, -0.1) is 0 Å². The number of hydrogen-bond acceptors (Lipinski definition) is 4. The Kier molecular flexibility index (Phi) is 5.34. The fraction of sp³-hybridized carbons (Fsp3) is 0.143. The Balaban J connectivity index is 0.00000225. The van der Waals surface area contributed by atoms with E-state index in [1.165, 1.54) is 13.2 Å². The summed E-state index contributed by atoms with van der Waals surface area (Å²) in [6.07, 6.45) is 0. The standard InChI is InChI=1S/C7H5BrN2O4S.BrH/c1-14-6-3-5(10-9)7(2-4(6)8)15(11,12)13;/h2-3H,1H3;1H. The van der Waals surface area contributed by atoms with Crippen molar-refractivity contribution in [3.63, 3.8) is 0 Å². The quantitative estimate of drug-likeness (QED) is 0.541. The minimum Gasteiger partial charge on any atom is -1.00 e. The van der Waals surface area contributed by atoms with Gasteiger partial charge < -0.3 is 21.7 Å². The highest BCUT2D eigenvalue weighted by Crippen LogP contribution is 2.35. The molecule has 1 aromatic rings. The van der Waals surface area contributed by atoms with Crippen LogP contribution >= 0.6 is 15.9 Å². The van der Waals surface area contributed by atoms with Crippen LogP contribution in [0.25, 0.3) is 4.98 Å². The monoisotopic (exact) mass is 372 g/mol. The zero-order chi connectivity index (χ0) is 11.6. The summed E-state index contributed by atoms with van der Waals surface area (Å²) in [4.78, 5) is 2.24. The summed E-state index contributed by atoms with van der Waals surface area (Å²) in [5, 5.41) is 8.57. The lowest BCUT2D eigenvalue weighted by molar-refractivity contribution is -0.00000770. The molecule has 6 nitrogen and oxygen atoms in total. The number of diazo groups is 1. The topological polar surface area (TPSA) is 91.8 Å². The van der Waals surface area contributed by atoms with Gasteiger partial charge in [-0.3, -0.25) is 4.55 Å². The molecular formula is C7H6Br2N2O4S. The van der Waals surface area contributed by atoms with E-state index in [4.69, 9.17) is 14.7 Å². The first kappa shape index (κ1) is 15.3. The van der Waals surface area contributed by atoms with Gasteiger partial charge in [0, 0.05) is 0 Å². The predicted molar refractivity (Wildman–Crippen MR) is 55.3 cm³/mol. The Hall–Kier alpha value is -0.690. The lowest BCUT2D eigenvalue weighted by atomic mass is 10.3. The van der Waals surface area contributed by atoms with Gasteiger partial charge in [0.25, 0.3) is 0 Å². The van der Waals surface area contributed by atoms with E-state index in [2.05, 4.69) is 20.9 Å². The van der Waals surface area contributed by atoms with Crippen molar-refractivity contribution in [2.45, 2.75) is 4.90 Å². The van der Waals surface area contributed by atoms with Crippen LogP contribution < -0.4 is 21.7 Å². The molecule has 0 aromatic heterocycles. The van der Waals surface area contributed by atoms with Crippen molar-refractivity contribution >= 4 is 31.7 Å². The van der Waals surface area contributed by atoms with E-state index in [0.29, 0.717) is 4.47 Å². The first-order valence-electron chi connectivity index (χ1n) is 3.60. The first-order chi connectivity index (χ1) is 6.90. The van der Waals surface area contributed by atoms with Gasteiger partial charge in [0.1, 0.15) is 5.75 Å². The summed E-state index contributed by atoms with van der Waals surface area (Å²) in [6.45, 7) is 0. The van der Waals surface area contributed by atoms with Crippen molar-refractivity contribution in [1.82, 2.24) is 0 Å². The van der Waals surface area contributed by atoms with Crippen LogP contribution in [-0.4, -0.2) is 20.1 Å². The Morgan fingerprint density at radius 2 is 2.06 bits per heavy atom. The molecule has 0 unspecified atom stereocenters. The van der Waals surface area contributed by atoms with Crippen LogP contribution in [-0.2, 0) is 10.1 Å². The van der Waals surface area contributed by atoms with Gasteiger partial charge in [0.15, 0.2) is 9.87 Å². The second-order valence-electron chi connectivity index (χ2n) is 2.53. The maximum atomic E-state index is 10.9. The van der Waals surface area contributed by atoms with Crippen LogP contribution in [0.15, 0.2) is 21.5 Å². The highest BCUT2D eigenvalue weighted by Gasteiger charge is 2.27. The molecule has 16 heavy (non-hydrogen) atoms. The van der Waals surface area contributed by atoms with Crippen LogP contribution in [0.5, 0.6) is 5.75 Å². The first-order valence-corrected chi connectivity index (χ1v) is 5.83. The third-order valence-corrected chi connectivity index (χ3v) is 3.12. The summed E-state index contributed by atoms with van der Waals surface area (Å²) in [5.74, 6) is 0.287. The fourth-order valence-corrected chi connectivity index (χ4v) is 2.25. The molecule has 1 rings (SSSR count). The van der Waals surface area contributed by atoms with Crippen molar-refractivity contribution in [3.8, 4) is 5.75 Å². The maximum Gasteiger partial charge on any atom is 0.409 e. The number of methoxy groups -OCH3 is 1. The van der Waals surface area contributed by atoms with Crippen molar-refractivity contribution < 1.29 is 34.7 Å². The Morgan fingerprint density at radius 1 is 1.50 bits per heavy atom. The van der Waals surface area contributed by atoms with Crippen LogP contribution in [0.2, 0.25) is 0 Å². The molecule has 0 heterocycles. The average molecular weight is 374 g/mol. The summed E-state index contributed by atoms with van der Waals surface area (Å²) in [5.41, 5.74) is -0.294. The van der Waals surface area contributed by atoms with Gasteiger partial charge >= 0.3 is 15.8 Å². The third-order valence-electron chi connectivity index (χ3n) is 1.62. The molecule has 88 valence electrons. The SMILES string of the molecule is COc1cc([N+]#N)c(S(=O)(=O)O)cc1Br.[Br-]. The lowest BCUT2D eigenvalue weighted by Gasteiger charge is -2.01. The molecule has 0 fully saturated rings. The van der Waals surface area contributed by atoms with E-state index in [0.717, 1.165) is 6.07 Å². The maximum absolute atomic E-state index is 10.9. The molecule has 0 radical (unpaired) electrons. The summed E-state index contributed by atoms with van der Waals surface area (Å²) in [6, 6.07) is 2.26. The highest BCUT2D eigenvalue weighted by molar-refractivity contribution is 9.10. The van der Waals surface area contributed by atoms with Gasteiger partial charge in [-0.2, -0.15) is 8.42 Å². The lowest BCUT2D eigenvalue weighted by Crippen LogP contribution is -3.00. The second kappa shape index (κ2) is 5.58. The van der Waals surface area contributed by atoms with Gasteiger partial charge in [0.2, 0.25) is 5.39 Å². The summed E-state index contributed by atoms with van der Waals surface area (Å²) < 4.78 is 35.8. The summed E-state index contributed by atoms with van der Waals surface area (Å²) in [7, 11) is -3.06. The Bertz CT molecular complexity index is 538. The molecule has 0 aliphatic heterocycles. The van der Waals surface area contributed by atoms with Crippen molar-refractivity contribution in [3.05, 3.63) is 21.6 Å². The highest BCUT2D eigenvalue weighted by atomic mass is 79.9. The molecule has 0 atom stereocenters. The molecule has 1 aromatic carbocycles. The molecule has 0 saturated heterocycles. The largest absolute Gasteiger partial charge is 1.00 e. The summed E-state index contributed by atoms with van der Waals surface area (Å²) >= 11 is 3.04. The molecule has 0 aliphatic rings. The van der Waals surface area contributed by atoms with E-state index in [1.54, 1.807) is 0 Å². The zero-order valence-corrected chi connectivity index (χ0v) is 11.9. The Labute approximate surface area is 111 Å². The third kappa shape index (κ3) is 3.15. The molecule has 1 N–H and O–H groups in total. The van der Waals surface area contributed by atoms with Gasteiger partial charge in [-0.25, -0.2) is 0 Å². The van der Waals surface area contributed by atoms with Gasteiger partial charge in [-0.1, -0.05) is 0 Å². The van der Waals surface area contributed by atoms with Crippen molar-refractivity contribution in [2.24, 2.45) is 0 Å². The number of rotatable bonds is 2. The van der Waals surface area contributed by atoms with Crippen molar-refractivity contribution in [2.75, 3.05) is 7.11 Å². The number of halogens is 2. The molecule has 0 amide bonds. The van der Waals surface area contributed by atoms with E-state index >= 15 is 0 Å². The van der Waals surface area contributed by atoms with Crippen LogP contribution in [0, 0.1) is 5.39 Å². The smallest absolute Gasteiger partial charge is 0.409 e. The van der Waals surface area contributed by atoms with E-state index in [-0.39, 0.29) is 28.4 Å². The number of hydrogen-bond donors (Lipinski definition) is 1.